The smallest absolute Gasteiger partial charge is 0.000654 e. The van der Waals surface area contributed by atoms with Gasteiger partial charge in [-0.3, -0.25) is 0 Å². The van der Waals surface area contributed by atoms with Crippen molar-refractivity contribution < 1.29 is 0 Å². The van der Waals surface area contributed by atoms with E-state index in [4.69, 9.17) is 0 Å². The van der Waals surface area contributed by atoms with Crippen LogP contribution in [0.1, 0.15) is 39.0 Å². The van der Waals surface area contributed by atoms with Crippen LogP contribution in [0.4, 0.5) is 0 Å². The van der Waals surface area contributed by atoms with Crippen molar-refractivity contribution in [3.63, 3.8) is 0 Å². The van der Waals surface area contributed by atoms with Crippen LogP contribution >= 0.6 is 0 Å². The molecular formula is C15H31N3. The van der Waals surface area contributed by atoms with Crippen molar-refractivity contribution in [3.8, 4) is 0 Å². The second-order valence-corrected chi connectivity index (χ2v) is 5.99. The van der Waals surface area contributed by atoms with Crippen molar-refractivity contribution in [2.75, 3.05) is 52.4 Å². The Hall–Kier alpha value is -0.120. The lowest BCUT2D eigenvalue weighted by Gasteiger charge is -2.32. The van der Waals surface area contributed by atoms with E-state index in [1.165, 1.54) is 77.9 Å². The molecule has 0 atom stereocenters. The van der Waals surface area contributed by atoms with Crippen molar-refractivity contribution in [1.29, 1.82) is 0 Å². The monoisotopic (exact) mass is 253 g/mol. The fourth-order valence-electron chi connectivity index (χ4n) is 3.29. The van der Waals surface area contributed by atoms with Crippen LogP contribution in [-0.2, 0) is 0 Å². The van der Waals surface area contributed by atoms with Gasteiger partial charge in [-0.15, -0.1) is 0 Å². The largest absolute Gasteiger partial charge is 0.317 e. The van der Waals surface area contributed by atoms with Gasteiger partial charge in [0.2, 0.25) is 0 Å². The molecule has 106 valence electrons. The van der Waals surface area contributed by atoms with Crippen LogP contribution < -0.4 is 5.32 Å². The number of nitrogens with zero attached hydrogens (tertiary/aromatic N) is 2. The molecule has 0 amide bonds. The summed E-state index contributed by atoms with van der Waals surface area (Å²) in [5.74, 6) is 0.930. The summed E-state index contributed by atoms with van der Waals surface area (Å²) in [4.78, 5) is 5.32. The standard InChI is InChI=1S/C15H31N3/c1-2-16-14-15-6-12-18(13-7-15)11-5-10-17-8-3-4-9-17/h15-16H,2-14H2,1H3. The molecule has 3 heteroatoms. The highest BCUT2D eigenvalue weighted by Crippen LogP contribution is 2.16. The zero-order valence-electron chi connectivity index (χ0n) is 12.2. The number of nitrogens with one attached hydrogen (secondary N) is 1. The molecule has 0 aromatic carbocycles. The fourth-order valence-corrected chi connectivity index (χ4v) is 3.29. The first-order valence-electron chi connectivity index (χ1n) is 8.04. The van der Waals surface area contributed by atoms with E-state index in [1.807, 2.05) is 0 Å². The van der Waals surface area contributed by atoms with Crippen molar-refractivity contribution in [2.24, 2.45) is 5.92 Å². The molecule has 2 heterocycles. The number of hydrogen-bond donors (Lipinski definition) is 1. The van der Waals surface area contributed by atoms with Gasteiger partial charge in [-0.25, -0.2) is 0 Å². The van der Waals surface area contributed by atoms with E-state index < -0.39 is 0 Å². The average molecular weight is 253 g/mol. The molecule has 2 aliphatic rings. The topological polar surface area (TPSA) is 18.5 Å². The van der Waals surface area contributed by atoms with Gasteiger partial charge in [-0.05, 0) is 90.4 Å². The summed E-state index contributed by atoms with van der Waals surface area (Å²) in [7, 11) is 0. The first-order valence-corrected chi connectivity index (χ1v) is 8.04. The Balaban J connectivity index is 1.50. The lowest BCUT2D eigenvalue weighted by atomic mass is 9.96. The van der Waals surface area contributed by atoms with Gasteiger partial charge in [0.15, 0.2) is 0 Å². The van der Waals surface area contributed by atoms with Crippen molar-refractivity contribution in [1.82, 2.24) is 15.1 Å². The lowest BCUT2D eigenvalue weighted by molar-refractivity contribution is 0.173. The van der Waals surface area contributed by atoms with Gasteiger partial charge in [0, 0.05) is 0 Å². The van der Waals surface area contributed by atoms with Crippen LogP contribution in [-0.4, -0.2) is 62.2 Å². The SMILES string of the molecule is CCNCC1CCN(CCCN2CCCC2)CC1. The molecule has 0 aromatic rings. The highest BCUT2D eigenvalue weighted by molar-refractivity contribution is 4.74. The van der Waals surface area contributed by atoms with Crippen LogP contribution in [0.25, 0.3) is 0 Å². The number of rotatable bonds is 7. The molecule has 1 N–H and O–H groups in total. The van der Waals surface area contributed by atoms with E-state index in [9.17, 15) is 0 Å². The minimum absolute atomic E-state index is 0.930. The van der Waals surface area contributed by atoms with Crippen LogP contribution in [0.3, 0.4) is 0 Å². The number of hydrogen-bond acceptors (Lipinski definition) is 3. The van der Waals surface area contributed by atoms with E-state index in [0.717, 1.165) is 12.5 Å². The summed E-state index contributed by atoms with van der Waals surface area (Å²) >= 11 is 0. The molecule has 0 unspecified atom stereocenters. The normalized spacial score (nSPS) is 23.8. The highest BCUT2D eigenvalue weighted by atomic mass is 15.2. The quantitative estimate of drug-likeness (QED) is 0.746. The molecule has 2 aliphatic heterocycles. The Kier molecular flexibility index (Phi) is 6.46. The minimum Gasteiger partial charge on any atom is -0.317 e. The van der Waals surface area contributed by atoms with E-state index in [2.05, 4.69) is 22.0 Å². The molecule has 2 saturated heterocycles. The van der Waals surface area contributed by atoms with Gasteiger partial charge in [0.1, 0.15) is 0 Å². The molecule has 0 aliphatic carbocycles. The first kappa shape index (κ1) is 14.3. The van der Waals surface area contributed by atoms with E-state index in [-0.39, 0.29) is 0 Å². The molecule has 0 spiro atoms. The summed E-state index contributed by atoms with van der Waals surface area (Å²) in [5, 5.41) is 3.49. The molecule has 3 nitrogen and oxygen atoms in total. The Morgan fingerprint density at radius 2 is 1.56 bits per heavy atom. The molecule has 2 rings (SSSR count). The van der Waals surface area contributed by atoms with Gasteiger partial charge >= 0.3 is 0 Å². The summed E-state index contributed by atoms with van der Waals surface area (Å²) in [6.07, 6.45) is 7.02. The van der Waals surface area contributed by atoms with Gasteiger partial charge in [-0.2, -0.15) is 0 Å². The third kappa shape index (κ3) is 4.87. The second-order valence-electron chi connectivity index (χ2n) is 5.99. The van der Waals surface area contributed by atoms with Crippen LogP contribution in [0.5, 0.6) is 0 Å². The summed E-state index contributed by atoms with van der Waals surface area (Å²) in [6, 6.07) is 0. The van der Waals surface area contributed by atoms with E-state index in [0.29, 0.717) is 0 Å². The lowest BCUT2D eigenvalue weighted by Crippen LogP contribution is -2.38. The van der Waals surface area contributed by atoms with Crippen molar-refractivity contribution >= 4 is 0 Å². The Morgan fingerprint density at radius 3 is 2.17 bits per heavy atom. The molecule has 2 fully saturated rings. The molecule has 0 aromatic heterocycles. The molecule has 0 saturated carbocycles. The molecule has 0 bridgehead atoms. The number of piperidine rings is 1. The van der Waals surface area contributed by atoms with Crippen molar-refractivity contribution in [3.05, 3.63) is 0 Å². The first-order chi connectivity index (χ1) is 8.88. The molecule has 18 heavy (non-hydrogen) atoms. The van der Waals surface area contributed by atoms with E-state index >= 15 is 0 Å². The Labute approximate surface area is 113 Å². The van der Waals surface area contributed by atoms with Gasteiger partial charge in [0.25, 0.3) is 0 Å². The maximum atomic E-state index is 3.49. The predicted molar refractivity (Wildman–Crippen MR) is 78.0 cm³/mol. The van der Waals surface area contributed by atoms with Gasteiger partial charge < -0.3 is 15.1 Å². The zero-order valence-corrected chi connectivity index (χ0v) is 12.2. The molecule has 0 radical (unpaired) electrons. The van der Waals surface area contributed by atoms with E-state index in [1.54, 1.807) is 0 Å². The van der Waals surface area contributed by atoms with Gasteiger partial charge in [-0.1, -0.05) is 6.92 Å². The third-order valence-electron chi connectivity index (χ3n) is 4.54. The number of likely N-dealkylation sites (tertiary alicyclic amines) is 2. The minimum atomic E-state index is 0.930. The predicted octanol–water partition coefficient (Wildman–Crippen LogP) is 1.79. The third-order valence-corrected chi connectivity index (χ3v) is 4.54. The molecular weight excluding hydrogens is 222 g/mol. The van der Waals surface area contributed by atoms with Crippen LogP contribution in [0, 0.1) is 5.92 Å². The maximum Gasteiger partial charge on any atom is -0.000654 e. The zero-order chi connectivity index (χ0) is 12.6. The summed E-state index contributed by atoms with van der Waals surface area (Å²) in [6.45, 7) is 12.6. The fraction of sp³-hybridized carbons (Fsp3) is 1.00. The van der Waals surface area contributed by atoms with Crippen LogP contribution in [0.2, 0.25) is 0 Å². The van der Waals surface area contributed by atoms with Crippen LogP contribution in [0.15, 0.2) is 0 Å². The Bertz CT molecular complexity index is 206. The van der Waals surface area contributed by atoms with Gasteiger partial charge in [0.05, 0.1) is 0 Å². The summed E-state index contributed by atoms with van der Waals surface area (Å²) in [5.41, 5.74) is 0. The second kappa shape index (κ2) is 8.13. The highest BCUT2D eigenvalue weighted by Gasteiger charge is 2.18. The maximum absolute atomic E-state index is 3.49. The Morgan fingerprint density at radius 1 is 0.944 bits per heavy atom. The van der Waals surface area contributed by atoms with Crippen molar-refractivity contribution in [2.45, 2.75) is 39.0 Å². The average Bonchev–Trinajstić information content (AvgIpc) is 2.91. The summed E-state index contributed by atoms with van der Waals surface area (Å²) < 4.78 is 0.